The molecule has 0 aliphatic heterocycles. The lowest BCUT2D eigenvalue weighted by Gasteiger charge is -2.12. The van der Waals surface area contributed by atoms with Crippen LogP contribution in [0, 0.1) is 30.9 Å². The van der Waals surface area contributed by atoms with Gasteiger partial charge in [0.15, 0.2) is 11.6 Å². The van der Waals surface area contributed by atoms with Crippen molar-refractivity contribution in [2.45, 2.75) is 13.8 Å². The minimum atomic E-state index is -0.749. The summed E-state index contributed by atoms with van der Waals surface area (Å²) in [5.41, 5.74) is 6.85. The lowest BCUT2D eigenvalue weighted by molar-refractivity contribution is 0.415. The molecular formula is C13H12F2N4O. The Morgan fingerprint density at radius 3 is 2.60 bits per heavy atom. The van der Waals surface area contributed by atoms with Crippen molar-refractivity contribution in [2.75, 3.05) is 0 Å². The van der Waals surface area contributed by atoms with Gasteiger partial charge in [0.2, 0.25) is 5.88 Å². The van der Waals surface area contributed by atoms with E-state index in [9.17, 15) is 8.78 Å². The Bertz CT molecular complexity index is 688. The predicted octanol–water partition coefficient (Wildman–Crippen LogP) is 2.45. The van der Waals surface area contributed by atoms with Crippen molar-refractivity contribution in [2.24, 2.45) is 5.73 Å². The molecule has 3 N–H and O–H groups in total. The maximum atomic E-state index is 13.5. The Labute approximate surface area is 113 Å². The van der Waals surface area contributed by atoms with Gasteiger partial charge in [-0.05, 0) is 31.5 Å². The fraction of sp³-hybridized carbons (Fsp3) is 0.154. The van der Waals surface area contributed by atoms with Gasteiger partial charge < -0.3 is 10.5 Å². The summed E-state index contributed by atoms with van der Waals surface area (Å²) in [7, 11) is 0. The van der Waals surface area contributed by atoms with Crippen LogP contribution in [0.5, 0.6) is 11.6 Å². The molecule has 1 aromatic carbocycles. The average molecular weight is 278 g/mol. The van der Waals surface area contributed by atoms with Gasteiger partial charge in [-0.25, -0.2) is 8.78 Å². The number of rotatable bonds is 3. The van der Waals surface area contributed by atoms with Crippen molar-refractivity contribution in [1.82, 2.24) is 10.2 Å². The highest BCUT2D eigenvalue weighted by Crippen LogP contribution is 2.28. The second-order valence-corrected chi connectivity index (χ2v) is 4.18. The summed E-state index contributed by atoms with van der Waals surface area (Å²) < 4.78 is 31.9. The van der Waals surface area contributed by atoms with Gasteiger partial charge in [-0.3, -0.25) is 5.41 Å². The highest BCUT2D eigenvalue weighted by atomic mass is 19.1. The maximum Gasteiger partial charge on any atom is 0.250 e. The number of hydrogen-bond acceptors (Lipinski definition) is 4. The van der Waals surface area contributed by atoms with Crippen molar-refractivity contribution in [3.63, 3.8) is 0 Å². The minimum Gasteiger partial charge on any atom is -0.434 e. The molecule has 0 fully saturated rings. The van der Waals surface area contributed by atoms with Crippen LogP contribution >= 0.6 is 0 Å². The van der Waals surface area contributed by atoms with Crippen molar-refractivity contribution in [3.05, 3.63) is 46.7 Å². The Balaban J connectivity index is 2.51. The SMILES string of the molecule is Cc1nnc(Oc2cc(F)ccc2F)c(C(=N)N)c1C. The van der Waals surface area contributed by atoms with Crippen LogP contribution in [0.2, 0.25) is 0 Å². The molecule has 0 aliphatic carbocycles. The van der Waals surface area contributed by atoms with Gasteiger partial charge in [0, 0.05) is 6.07 Å². The summed E-state index contributed by atoms with van der Waals surface area (Å²) in [6.45, 7) is 3.39. The Morgan fingerprint density at radius 1 is 1.25 bits per heavy atom. The first-order valence-corrected chi connectivity index (χ1v) is 5.71. The zero-order valence-electron chi connectivity index (χ0n) is 10.9. The summed E-state index contributed by atoms with van der Waals surface area (Å²) in [6.07, 6.45) is 0. The van der Waals surface area contributed by atoms with Crippen LogP contribution < -0.4 is 10.5 Å². The molecule has 0 aliphatic rings. The molecule has 0 radical (unpaired) electrons. The van der Waals surface area contributed by atoms with E-state index >= 15 is 0 Å². The minimum absolute atomic E-state index is 0.134. The van der Waals surface area contributed by atoms with Crippen molar-refractivity contribution < 1.29 is 13.5 Å². The molecule has 2 rings (SSSR count). The molecule has 1 aromatic heterocycles. The summed E-state index contributed by atoms with van der Waals surface area (Å²) in [5, 5.41) is 15.1. The van der Waals surface area contributed by atoms with Gasteiger partial charge in [-0.15, -0.1) is 5.10 Å². The zero-order chi connectivity index (χ0) is 14.9. The standard InChI is InChI=1S/C13H12F2N4O/c1-6-7(2)18-19-13(11(6)12(16)17)20-10-5-8(14)3-4-9(10)15/h3-5H,1-2H3,(H3,16,17). The first-order valence-electron chi connectivity index (χ1n) is 5.71. The second kappa shape index (κ2) is 5.20. The molecule has 0 spiro atoms. The predicted molar refractivity (Wildman–Crippen MR) is 69.0 cm³/mol. The van der Waals surface area contributed by atoms with Crippen LogP contribution in [0.25, 0.3) is 0 Å². The number of nitrogens with zero attached hydrogens (tertiary/aromatic N) is 2. The molecule has 20 heavy (non-hydrogen) atoms. The zero-order valence-corrected chi connectivity index (χ0v) is 10.9. The molecule has 0 atom stereocenters. The molecule has 2 aromatic rings. The quantitative estimate of drug-likeness (QED) is 0.667. The van der Waals surface area contributed by atoms with Crippen LogP contribution in [0.15, 0.2) is 18.2 Å². The van der Waals surface area contributed by atoms with Gasteiger partial charge in [0.25, 0.3) is 0 Å². The first-order chi connectivity index (χ1) is 9.40. The second-order valence-electron chi connectivity index (χ2n) is 4.18. The van der Waals surface area contributed by atoms with Crippen molar-refractivity contribution >= 4 is 5.84 Å². The molecule has 0 saturated carbocycles. The number of nitrogens with one attached hydrogen (secondary N) is 1. The van der Waals surface area contributed by atoms with E-state index in [2.05, 4.69) is 10.2 Å². The summed E-state index contributed by atoms with van der Waals surface area (Å²) in [4.78, 5) is 0. The molecular weight excluding hydrogens is 266 g/mol. The number of halogens is 2. The monoisotopic (exact) mass is 278 g/mol. The van der Waals surface area contributed by atoms with E-state index in [1.807, 2.05) is 0 Å². The smallest absolute Gasteiger partial charge is 0.250 e. The van der Waals surface area contributed by atoms with Crippen LogP contribution in [0.3, 0.4) is 0 Å². The molecule has 0 bridgehead atoms. The van der Waals surface area contributed by atoms with Gasteiger partial charge in [0.05, 0.1) is 11.3 Å². The molecule has 7 heteroatoms. The topological polar surface area (TPSA) is 84.9 Å². The number of aromatic nitrogens is 2. The lowest BCUT2D eigenvalue weighted by atomic mass is 10.1. The normalized spacial score (nSPS) is 10.4. The number of ether oxygens (including phenoxy) is 1. The van der Waals surface area contributed by atoms with E-state index in [0.29, 0.717) is 11.3 Å². The highest BCUT2D eigenvalue weighted by molar-refractivity contribution is 5.98. The first kappa shape index (κ1) is 13.9. The van der Waals surface area contributed by atoms with Crippen molar-refractivity contribution in [1.29, 1.82) is 5.41 Å². The van der Waals surface area contributed by atoms with Crippen molar-refractivity contribution in [3.8, 4) is 11.6 Å². The fourth-order valence-electron chi connectivity index (χ4n) is 1.63. The highest BCUT2D eigenvalue weighted by Gasteiger charge is 2.17. The van der Waals surface area contributed by atoms with Gasteiger partial charge in [0.1, 0.15) is 11.7 Å². The van der Waals surface area contributed by atoms with E-state index in [1.165, 1.54) is 0 Å². The Morgan fingerprint density at radius 2 is 1.95 bits per heavy atom. The summed E-state index contributed by atoms with van der Waals surface area (Å²) in [5.74, 6) is -2.16. The van der Waals surface area contributed by atoms with Crippen LogP contribution in [0.1, 0.15) is 16.8 Å². The van der Waals surface area contributed by atoms with Gasteiger partial charge >= 0.3 is 0 Å². The molecule has 1 heterocycles. The van der Waals surface area contributed by atoms with E-state index < -0.39 is 11.6 Å². The number of amidine groups is 1. The number of nitrogens with two attached hydrogens (primary N) is 1. The van der Waals surface area contributed by atoms with E-state index in [0.717, 1.165) is 18.2 Å². The molecule has 5 nitrogen and oxygen atoms in total. The Kier molecular flexibility index (Phi) is 3.60. The third-order valence-electron chi connectivity index (χ3n) is 2.79. The average Bonchev–Trinajstić information content (AvgIpc) is 2.38. The lowest BCUT2D eigenvalue weighted by Crippen LogP contribution is -2.16. The number of aryl methyl sites for hydroxylation is 1. The van der Waals surface area contributed by atoms with E-state index in [4.69, 9.17) is 15.9 Å². The van der Waals surface area contributed by atoms with Gasteiger partial charge in [-0.1, -0.05) is 0 Å². The van der Waals surface area contributed by atoms with Crippen LogP contribution in [-0.4, -0.2) is 16.0 Å². The number of hydrogen-bond donors (Lipinski definition) is 2. The summed E-state index contributed by atoms with van der Waals surface area (Å²) in [6, 6.07) is 2.79. The third-order valence-corrected chi connectivity index (χ3v) is 2.79. The molecule has 0 unspecified atom stereocenters. The van der Waals surface area contributed by atoms with E-state index in [1.54, 1.807) is 13.8 Å². The molecule has 0 saturated heterocycles. The van der Waals surface area contributed by atoms with Crippen LogP contribution in [0.4, 0.5) is 8.78 Å². The summed E-state index contributed by atoms with van der Waals surface area (Å²) >= 11 is 0. The largest absolute Gasteiger partial charge is 0.434 e. The Hall–Kier alpha value is -2.57. The maximum absolute atomic E-state index is 13.5. The number of benzene rings is 1. The fourth-order valence-corrected chi connectivity index (χ4v) is 1.63. The van der Waals surface area contributed by atoms with E-state index in [-0.39, 0.29) is 23.0 Å². The molecule has 0 amide bonds. The third kappa shape index (κ3) is 2.56. The molecule has 104 valence electrons. The van der Waals surface area contributed by atoms with Crippen LogP contribution in [-0.2, 0) is 0 Å². The number of nitrogen functional groups attached to an aromatic ring is 1. The van der Waals surface area contributed by atoms with Gasteiger partial charge in [-0.2, -0.15) is 5.10 Å².